The second kappa shape index (κ2) is 16.2. The predicted octanol–water partition coefficient (Wildman–Crippen LogP) is 5.94. The van der Waals surface area contributed by atoms with Crippen molar-refractivity contribution in [1.82, 2.24) is 25.3 Å². The van der Waals surface area contributed by atoms with E-state index in [2.05, 4.69) is 83.3 Å². The van der Waals surface area contributed by atoms with Crippen LogP contribution in [0.2, 0.25) is 5.02 Å². The Kier molecular flexibility index (Phi) is 11.1. The van der Waals surface area contributed by atoms with Gasteiger partial charge in [0.05, 0.1) is 22.2 Å². The van der Waals surface area contributed by atoms with Gasteiger partial charge in [-0.1, -0.05) is 39.3 Å². The number of anilines is 2. The molecule has 2 atom stereocenters. The average Bonchev–Trinajstić information content (AvgIpc) is 3.22. The number of imide groups is 1. The molecule has 2 N–H and O–H groups in total. The normalized spacial score (nSPS) is 24.4. The third kappa shape index (κ3) is 7.83. The molecule has 3 aliphatic heterocycles. The van der Waals surface area contributed by atoms with E-state index in [0.29, 0.717) is 33.2 Å². The number of nitrogens with one attached hydrogen (secondary N) is 2. The molecule has 1 unspecified atom stereocenters. The maximum absolute atomic E-state index is 13.5. The highest BCUT2D eigenvalue weighted by Crippen LogP contribution is 2.55. The van der Waals surface area contributed by atoms with Crippen molar-refractivity contribution in [3.05, 3.63) is 93.4 Å². The molecular formula is C46H53ClN8O5. The number of hydrogen-bond donors (Lipinski definition) is 2. The number of piperidine rings is 2. The minimum atomic E-state index is -0.786. The van der Waals surface area contributed by atoms with E-state index in [9.17, 15) is 24.4 Å². The highest BCUT2D eigenvalue weighted by Gasteiger charge is 2.64. The molecule has 4 aliphatic rings. The summed E-state index contributed by atoms with van der Waals surface area (Å²) in [5, 5.41) is 20.8. The number of rotatable bonds is 9. The van der Waals surface area contributed by atoms with Crippen molar-refractivity contribution >= 4 is 51.5 Å². The molecule has 4 heterocycles. The Balaban J connectivity index is 0.806. The molecule has 3 saturated heterocycles. The average molecular weight is 833 g/mol. The van der Waals surface area contributed by atoms with E-state index in [1.807, 2.05) is 30.3 Å². The number of benzene rings is 3. The Bertz CT molecular complexity index is 2400. The molecule has 0 spiro atoms. The van der Waals surface area contributed by atoms with Crippen LogP contribution in [0.15, 0.2) is 71.7 Å². The van der Waals surface area contributed by atoms with E-state index in [-0.39, 0.29) is 59.2 Å². The quantitative estimate of drug-likeness (QED) is 0.194. The van der Waals surface area contributed by atoms with Crippen molar-refractivity contribution < 1.29 is 19.1 Å². The SMILES string of the molecule is C[C@H]1CN(CC2CCN(c3ccc(C(=O)NC4C(C)(C)C(Oc5ccc(C#N)c(Cl)c5)C4(C)C)cc3)CC2)CCN1c1ccc2c(=O)n(C3CCC(=O)NC3=O)ncc2c1. The Morgan fingerprint density at radius 1 is 0.950 bits per heavy atom. The number of amides is 3. The Morgan fingerprint density at radius 2 is 1.67 bits per heavy atom. The molecule has 314 valence electrons. The summed E-state index contributed by atoms with van der Waals surface area (Å²) in [5.74, 6) is 0.297. The molecule has 1 aromatic heterocycles. The van der Waals surface area contributed by atoms with E-state index in [4.69, 9.17) is 16.3 Å². The number of nitriles is 1. The van der Waals surface area contributed by atoms with Gasteiger partial charge in [0, 0.05) is 97.0 Å². The summed E-state index contributed by atoms with van der Waals surface area (Å²) in [5.41, 5.74) is 2.20. The highest BCUT2D eigenvalue weighted by atomic mass is 35.5. The number of halogens is 1. The van der Waals surface area contributed by atoms with Crippen LogP contribution >= 0.6 is 11.6 Å². The third-order valence-corrected chi connectivity index (χ3v) is 13.7. The van der Waals surface area contributed by atoms with Gasteiger partial charge in [-0.25, -0.2) is 4.68 Å². The van der Waals surface area contributed by atoms with Crippen LogP contribution in [-0.2, 0) is 9.59 Å². The number of ether oxygens (including phenoxy) is 1. The number of carbonyl (C=O) groups excluding carboxylic acids is 3. The van der Waals surface area contributed by atoms with E-state index >= 15 is 0 Å². The van der Waals surface area contributed by atoms with Gasteiger partial charge in [-0.3, -0.25) is 29.4 Å². The number of nitrogens with zero attached hydrogens (tertiary/aromatic N) is 6. The maximum atomic E-state index is 13.5. The minimum Gasteiger partial charge on any atom is -0.489 e. The minimum absolute atomic E-state index is 0.102. The second-order valence-corrected chi connectivity index (χ2v) is 18.6. The van der Waals surface area contributed by atoms with Crippen molar-refractivity contribution in [2.24, 2.45) is 16.7 Å². The van der Waals surface area contributed by atoms with Crippen LogP contribution in [0, 0.1) is 28.1 Å². The van der Waals surface area contributed by atoms with Gasteiger partial charge in [0.1, 0.15) is 24.0 Å². The van der Waals surface area contributed by atoms with Gasteiger partial charge in [-0.05, 0) is 86.7 Å². The summed E-state index contributed by atoms with van der Waals surface area (Å²) >= 11 is 6.26. The molecule has 8 rings (SSSR count). The lowest BCUT2D eigenvalue weighted by molar-refractivity contribution is -0.164. The van der Waals surface area contributed by atoms with Crippen molar-refractivity contribution in [2.75, 3.05) is 49.1 Å². The molecule has 13 nitrogen and oxygen atoms in total. The molecule has 60 heavy (non-hydrogen) atoms. The smallest absolute Gasteiger partial charge is 0.275 e. The monoisotopic (exact) mass is 832 g/mol. The number of hydrogen-bond acceptors (Lipinski definition) is 10. The molecule has 3 aromatic carbocycles. The Hall–Kier alpha value is -5.45. The van der Waals surface area contributed by atoms with Crippen LogP contribution in [0.1, 0.15) is 82.3 Å². The lowest BCUT2D eigenvalue weighted by Gasteiger charge is -2.63. The van der Waals surface area contributed by atoms with Crippen LogP contribution < -0.4 is 30.7 Å². The van der Waals surface area contributed by atoms with Crippen molar-refractivity contribution in [3.8, 4) is 11.8 Å². The second-order valence-electron chi connectivity index (χ2n) is 18.2. The van der Waals surface area contributed by atoms with Gasteiger partial charge >= 0.3 is 0 Å². The Morgan fingerprint density at radius 3 is 2.33 bits per heavy atom. The summed E-state index contributed by atoms with van der Waals surface area (Å²) in [6.07, 6.45) is 4.12. The lowest BCUT2D eigenvalue weighted by Crippen LogP contribution is -2.74. The van der Waals surface area contributed by atoms with Gasteiger partial charge in [-0.15, -0.1) is 0 Å². The topological polar surface area (TPSA) is 153 Å². The number of carbonyl (C=O) groups is 3. The summed E-state index contributed by atoms with van der Waals surface area (Å²) in [4.78, 5) is 58.2. The van der Waals surface area contributed by atoms with Crippen LogP contribution in [0.3, 0.4) is 0 Å². The molecule has 3 amide bonds. The Labute approximate surface area is 355 Å². The maximum Gasteiger partial charge on any atom is 0.275 e. The first-order valence-corrected chi connectivity index (χ1v) is 21.4. The van der Waals surface area contributed by atoms with Gasteiger partial charge in [0.15, 0.2) is 0 Å². The van der Waals surface area contributed by atoms with Crippen LogP contribution in [0.4, 0.5) is 11.4 Å². The predicted molar refractivity (Wildman–Crippen MR) is 231 cm³/mol. The largest absolute Gasteiger partial charge is 0.489 e. The fourth-order valence-electron chi connectivity index (χ4n) is 10.4. The van der Waals surface area contributed by atoms with Crippen molar-refractivity contribution in [3.63, 3.8) is 0 Å². The van der Waals surface area contributed by atoms with Gasteiger partial charge < -0.3 is 19.9 Å². The summed E-state index contributed by atoms with van der Waals surface area (Å²) < 4.78 is 7.60. The number of piperazine rings is 1. The van der Waals surface area contributed by atoms with E-state index < -0.39 is 11.9 Å². The van der Waals surface area contributed by atoms with E-state index in [1.165, 1.54) is 4.68 Å². The van der Waals surface area contributed by atoms with Gasteiger partial charge in [-0.2, -0.15) is 10.4 Å². The lowest BCUT2D eigenvalue weighted by atomic mass is 9.49. The van der Waals surface area contributed by atoms with Crippen LogP contribution in [0.25, 0.3) is 10.8 Å². The fourth-order valence-corrected chi connectivity index (χ4v) is 10.6. The standard InChI is InChI=1S/C46H53ClN8O5/c1-28-26-52(20-21-54(28)34-11-13-36-32(22-34)25-49-55(42(36)59)38-14-15-39(56)50-41(38)58)27-29-16-18-53(19-17-29)33-9-6-30(7-10-33)40(57)51-43-45(2,3)44(46(43,4)5)60-35-12-8-31(24-48)37(47)23-35/h6-13,22-23,25,28-29,38,43-44H,14-21,26-27H2,1-5H3,(H,51,57)(H,50,56,58)/t28-,38?,43?,44?/m0/s1. The first-order chi connectivity index (χ1) is 28.6. The third-order valence-electron chi connectivity index (χ3n) is 13.4. The molecule has 1 aliphatic carbocycles. The van der Waals surface area contributed by atoms with E-state index in [0.717, 1.165) is 68.9 Å². The molecule has 1 saturated carbocycles. The van der Waals surface area contributed by atoms with E-state index in [1.54, 1.807) is 24.4 Å². The molecular weight excluding hydrogens is 780 g/mol. The van der Waals surface area contributed by atoms with Crippen LogP contribution in [-0.4, -0.2) is 89.9 Å². The van der Waals surface area contributed by atoms with Crippen molar-refractivity contribution in [2.45, 2.75) is 84.5 Å². The fraction of sp³-hybridized carbons (Fsp3) is 0.478. The number of aromatic nitrogens is 2. The molecule has 0 radical (unpaired) electrons. The molecule has 4 aromatic rings. The zero-order valence-corrected chi connectivity index (χ0v) is 35.7. The summed E-state index contributed by atoms with van der Waals surface area (Å²) in [6, 6.07) is 20.4. The molecule has 4 fully saturated rings. The molecule has 14 heteroatoms. The first kappa shape index (κ1) is 41.3. The molecule has 0 bridgehead atoms. The van der Waals surface area contributed by atoms with Gasteiger partial charge in [0.25, 0.3) is 17.4 Å². The highest BCUT2D eigenvalue weighted by molar-refractivity contribution is 6.31. The summed E-state index contributed by atoms with van der Waals surface area (Å²) in [6.45, 7) is 16.5. The zero-order chi connectivity index (χ0) is 42.5. The van der Waals surface area contributed by atoms with Crippen molar-refractivity contribution in [1.29, 1.82) is 5.26 Å². The zero-order valence-electron chi connectivity index (χ0n) is 34.9. The van der Waals surface area contributed by atoms with Gasteiger partial charge in [0.2, 0.25) is 5.91 Å². The van der Waals surface area contributed by atoms with Crippen LogP contribution in [0.5, 0.6) is 5.75 Å². The summed E-state index contributed by atoms with van der Waals surface area (Å²) in [7, 11) is 0. The first-order valence-electron chi connectivity index (χ1n) is 21.0. The number of fused-ring (bicyclic) bond motifs is 1.